The minimum atomic E-state index is -4.25. The normalized spacial score (nSPS) is 18.3. The van der Waals surface area contributed by atoms with Gasteiger partial charge in [-0.25, -0.2) is 4.79 Å². The number of ether oxygens (including phenoxy) is 1. The smallest absolute Gasteiger partial charge is 0.364 e. The summed E-state index contributed by atoms with van der Waals surface area (Å²) in [5.41, 5.74) is 0.144. The highest BCUT2D eigenvalue weighted by Gasteiger charge is 2.60. The van der Waals surface area contributed by atoms with Crippen molar-refractivity contribution in [1.82, 2.24) is 10.2 Å². The fourth-order valence-electron chi connectivity index (χ4n) is 4.20. The monoisotopic (exact) mass is 544 g/mol. The number of rotatable bonds is 11. The van der Waals surface area contributed by atoms with Crippen molar-refractivity contribution < 1.29 is 37.5 Å². The lowest BCUT2D eigenvalue weighted by Gasteiger charge is -2.50. The molecule has 2 amide bonds. The first kappa shape index (κ1) is 29.2. The molecule has 1 aliphatic heterocycles. The number of carbonyl (C=O) groups excluding carboxylic acids is 4. The maximum Gasteiger partial charge on any atom is 0.364 e. The van der Waals surface area contributed by atoms with Crippen LogP contribution in [0.5, 0.6) is 0 Å². The topological polar surface area (TPSA) is 128 Å². The van der Waals surface area contributed by atoms with E-state index in [1.165, 1.54) is 0 Å². The molecular formula is C27H33N2O8P. The van der Waals surface area contributed by atoms with Crippen LogP contribution in [-0.4, -0.2) is 66.2 Å². The summed E-state index contributed by atoms with van der Waals surface area (Å²) in [5, 5.41) is 2.68. The van der Waals surface area contributed by atoms with Crippen LogP contribution in [0.1, 0.15) is 43.1 Å². The van der Waals surface area contributed by atoms with Crippen LogP contribution in [0.15, 0.2) is 60.7 Å². The lowest BCUT2D eigenvalue weighted by molar-refractivity contribution is -0.171. The van der Waals surface area contributed by atoms with Crippen LogP contribution in [0.2, 0.25) is 0 Å². The summed E-state index contributed by atoms with van der Waals surface area (Å²) in [5.74, 6) is -4.27. The highest BCUT2D eigenvalue weighted by atomic mass is 31.2. The second-order valence-corrected chi connectivity index (χ2v) is 12.1. The Kier molecular flexibility index (Phi) is 9.25. The molecule has 204 valence electrons. The van der Waals surface area contributed by atoms with E-state index in [1.807, 2.05) is 6.07 Å². The van der Waals surface area contributed by atoms with Crippen molar-refractivity contribution in [1.29, 1.82) is 0 Å². The van der Waals surface area contributed by atoms with Crippen LogP contribution in [0, 0.1) is 0 Å². The van der Waals surface area contributed by atoms with E-state index < -0.39 is 48.8 Å². The van der Waals surface area contributed by atoms with Crippen molar-refractivity contribution >= 4 is 31.2 Å². The third-order valence-corrected chi connectivity index (χ3v) is 8.04. The molecular weight excluding hydrogens is 511 g/mol. The number of likely N-dealkylation sites (tertiary alicyclic amines) is 1. The van der Waals surface area contributed by atoms with Gasteiger partial charge in [0.1, 0.15) is 11.6 Å². The predicted molar refractivity (Wildman–Crippen MR) is 139 cm³/mol. The summed E-state index contributed by atoms with van der Waals surface area (Å²) in [6, 6.07) is 15.2. The number of esters is 1. The van der Waals surface area contributed by atoms with Gasteiger partial charge in [-0.3, -0.25) is 18.9 Å². The van der Waals surface area contributed by atoms with Crippen molar-refractivity contribution in [2.75, 3.05) is 14.2 Å². The van der Waals surface area contributed by atoms with E-state index in [-0.39, 0.29) is 18.6 Å². The number of carbonyl (C=O) groups is 4. The van der Waals surface area contributed by atoms with Gasteiger partial charge in [0.2, 0.25) is 17.6 Å². The zero-order valence-corrected chi connectivity index (χ0v) is 23.0. The van der Waals surface area contributed by atoms with E-state index in [0.29, 0.717) is 5.56 Å². The molecule has 2 aromatic rings. The number of amides is 2. The maximum absolute atomic E-state index is 13.5. The van der Waals surface area contributed by atoms with Crippen molar-refractivity contribution in [2.24, 2.45) is 0 Å². The molecule has 1 saturated heterocycles. The molecule has 3 rings (SSSR count). The number of Topliss-reactive ketones (excluding diaryl/α,β-unsaturated/α-hetero) is 1. The molecule has 10 nitrogen and oxygen atoms in total. The number of β-lactam (4-membered cyclic amide) rings is 1. The molecule has 0 spiro atoms. The van der Waals surface area contributed by atoms with Gasteiger partial charge in [-0.1, -0.05) is 60.7 Å². The first-order valence-corrected chi connectivity index (χ1v) is 13.7. The average molecular weight is 545 g/mol. The average Bonchev–Trinajstić information content (AvgIpc) is 2.89. The van der Waals surface area contributed by atoms with Gasteiger partial charge in [-0.15, -0.1) is 0 Å². The van der Waals surface area contributed by atoms with Crippen molar-refractivity contribution in [3.63, 3.8) is 0 Å². The number of ketones is 1. The molecule has 0 bridgehead atoms. The molecule has 0 aliphatic carbocycles. The largest absolute Gasteiger partial charge is 0.458 e. The minimum Gasteiger partial charge on any atom is -0.458 e. The molecule has 0 saturated carbocycles. The number of hydrogen-bond acceptors (Lipinski definition) is 8. The van der Waals surface area contributed by atoms with E-state index >= 15 is 0 Å². The Morgan fingerprint density at radius 3 is 2.05 bits per heavy atom. The molecule has 1 unspecified atom stereocenters. The molecule has 3 atom stereocenters. The van der Waals surface area contributed by atoms with E-state index in [1.54, 1.807) is 75.4 Å². The zero-order chi connectivity index (χ0) is 28.1. The lowest BCUT2D eigenvalue weighted by atomic mass is 9.88. The van der Waals surface area contributed by atoms with Crippen LogP contribution in [0.25, 0.3) is 0 Å². The van der Waals surface area contributed by atoms with E-state index in [2.05, 4.69) is 5.32 Å². The number of nitrogens with zero attached hydrogens (tertiary/aromatic N) is 1. The molecule has 1 fully saturated rings. The molecule has 11 heteroatoms. The molecule has 2 aromatic carbocycles. The highest BCUT2D eigenvalue weighted by Crippen LogP contribution is 2.55. The van der Waals surface area contributed by atoms with Crippen LogP contribution in [0.3, 0.4) is 0 Å². The van der Waals surface area contributed by atoms with Gasteiger partial charge >= 0.3 is 13.6 Å². The first-order valence-electron chi connectivity index (χ1n) is 12.1. The summed E-state index contributed by atoms with van der Waals surface area (Å²) in [4.78, 5) is 53.6. The second kappa shape index (κ2) is 12.0. The third-order valence-electron chi connectivity index (χ3n) is 5.97. The fraction of sp³-hybridized carbons (Fsp3) is 0.407. The van der Waals surface area contributed by atoms with Crippen LogP contribution < -0.4 is 5.32 Å². The Balaban J connectivity index is 1.95. The summed E-state index contributed by atoms with van der Waals surface area (Å²) >= 11 is 0. The van der Waals surface area contributed by atoms with Crippen molar-refractivity contribution in [3.05, 3.63) is 71.8 Å². The quantitative estimate of drug-likeness (QED) is 0.197. The van der Waals surface area contributed by atoms with Gasteiger partial charge in [0.15, 0.2) is 5.78 Å². The Bertz CT molecular complexity index is 1200. The van der Waals surface area contributed by atoms with Crippen LogP contribution in [0.4, 0.5) is 0 Å². The molecule has 1 heterocycles. The van der Waals surface area contributed by atoms with Gasteiger partial charge < -0.3 is 24.0 Å². The standard InChI is InChI=1S/C27H33N2O8P/c1-27(2,3)37-26(33)25(38(34,35-4)36-5)29-20(17-21(30)19-14-10-7-11-15-19)23(24(29)32)28-22(31)16-18-12-8-6-9-13-18/h6-15,20,23,25H,16-17H2,1-5H3,(H,28,31)/t20-,23-,25?/m1/s1. The number of hydrogen-bond donors (Lipinski definition) is 1. The van der Waals surface area contributed by atoms with Crippen molar-refractivity contribution in [3.8, 4) is 0 Å². The van der Waals surface area contributed by atoms with E-state index in [4.69, 9.17) is 13.8 Å². The van der Waals surface area contributed by atoms with E-state index in [9.17, 15) is 23.7 Å². The highest BCUT2D eigenvalue weighted by molar-refractivity contribution is 7.55. The molecule has 1 aliphatic rings. The van der Waals surface area contributed by atoms with E-state index in [0.717, 1.165) is 24.7 Å². The fourth-order valence-corrected chi connectivity index (χ4v) is 5.65. The molecule has 0 radical (unpaired) electrons. The predicted octanol–water partition coefficient (Wildman–Crippen LogP) is 3.35. The van der Waals surface area contributed by atoms with Gasteiger partial charge in [0, 0.05) is 26.2 Å². The maximum atomic E-state index is 13.5. The first-order chi connectivity index (χ1) is 17.9. The molecule has 38 heavy (non-hydrogen) atoms. The minimum absolute atomic E-state index is 0.00804. The summed E-state index contributed by atoms with van der Waals surface area (Å²) in [6.45, 7) is 4.86. The van der Waals surface area contributed by atoms with Gasteiger partial charge in [0.25, 0.3) is 0 Å². The Morgan fingerprint density at radius 1 is 0.974 bits per heavy atom. The lowest BCUT2D eigenvalue weighted by Crippen LogP contribution is -2.74. The van der Waals surface area contributed by atoms with Gasteiger partial charge in [-0.05, 0) is 26.3 Å². The van der Waals surface area contributed by atoms with Gasteiger partial charge in [-0.2, -0.15) is 0 Å². The molecule has 1 N–H and O–H groups in total. The third kappa shape index (κ3) is 6.75. The Labute approximate surface area is 222 Å². The second-order valence-electron chi connectivity index (χ2n) is 9.83. The number of nitrogens with one attached hydrogen (secondary N) is 1. The number of benzene rings is 2. The summed E-state index contributed by atoms with van der Waals surface area (Å²) < 4.78 is 29.1. The zero-order valence-electron chi connectivity index (χ0n) is 22.1. The van der Waals surface area contributed by atoms with Crippen LogP contribution in [-0.2, 0) is 39.2 Å². The summed E-state index contributed by atoms with van der Waals surface area (Å²) in [7, 11) is -2.07. The van der Waals surface area contributed by atoms with Gasteiger partial charge in [0.05, 0.1) is 12.5 Å². The Morgan fingerprint density at radius 2 is 1.53 bits per heavy atom. The van der Waals surface area contributed by atoms with Crippen LogP contribution >= 0.6 is 7.60 Å². The Hall–Kier alpha value is -3.33. The molecule has 0 aromatic heterocycles. The SMILES string of the molecule is COP(=O)(OC)C(C(=O)OC(C)(C)C)N1C(=O)[C@H](NC(=O)Cc2ccccc2)[C@H]1CC(=O)c1ccccc1. The summed E-state index contributed by atoms with van der Waals surface area (Å²) in [6.07, 6.45) is -0.243. The van der Waals surface area contributed by atoms with Crippen molar-refractivity contribution in [2.45, 2.75) is 57.1 Å².